The zero-order valence-corrected chi connectivity index (χ0v) is 18.7. The molecule has 1 aromatic heterocycles. The van der Waals surface area contributed by atoms with Crippen LogP contribution in [-0.2, 0) is 0 Å². The van der Waals surface area contributed by atoms with E-state index in [0.29, 0.717) is 17.0 Å². The Bertz CT molecular complexity index is 1100. The number of nitrogen functional groups attached to an aromatic ring is 1. The van der Waals surface area contributed by atoms with Crippen molar-refractivity contribution in [3.63, 3.8) is 0 Å². The maximum atomic E-state index is 10.2. The van der Waals surface area contributed by atoms with Gasteiger partial charge in [-0.25, -0.2) is 0 Å². The summed E-state index contributed by atoms with van der Waals surface area (Å²) in [6.45, 7) is 5.88. The number of nitrogens with one attached hydrogen (secondary N) is 1. The van der Waals surface area contributed by atoms with Crippen molar-refractivity contribution in [2.45, 2.75) is 18.9 Å². The molecule has 0 aliphatic carbocycles. The van der Waals surface area contributed by atoms with Crippen molar-refractivity contribution in [1.29, 1.82) is 0 Å². The Hall–Kier alpha value is -3.52. The maximum absolute atomic E-state index is 10.2. The lowest BCUT2D eigenvalue weighted by Crippen LogP contribution is -2.44. The molecule has 172 valence electrons. The number of ether oxygens (including phenoxy) is 1. The van der Waals surface area contributed by atoms with Gasteiger partial charge in [0.2, 0.25) is 0 Å². The van der Waals surface area contributed by atoms with Gasteiger partial charge in [-0.2, -0.15) is 0 Å². The molecule has 3 aromatic rings. The Morgan fingerprint density at radius 3 is 2.55 bits per heavy atom. The first-order chi connectivity index (χ1) is 16.2. The highest BCUT2D eigenvalue weighted by atomic mass is 16.5. The minimum atomic E-state index is -0.00897. The monoisotopic (exact) mass is 446 g/mol. The van der Waals surface area contributed by atoms with Crippen LogP contribution in [0, 0.1) is 0 Å². The quantitative estimate of drug-likeness (QED) is 0.550. The zero-order valence-electron chi connectivity index (χ0n) is 18.7. The van der Waals surface area contributed by atoms with Crippen LogP contribution in [0.1, 0.15) is 12.8 Å². The summed E-state index contributed by atoms with van der Waals surface area (Å²) in [4.78, 5) is 4.82. The molecule has 0 saturated carbocycles. The van der Waals surface area contributed by atoms with E-state index in [2.05, 4.69) is 49.6 Å². The number of aromatic hydroxyl groups is 1. The Morgan fingerprint density at radius 1 is 0.939 bits per heavy atom. The lowest BCUT2D eigenvalue weighted by Gasteiger charge is -2.35. The molecule has 3 heterocycles. The molecule has 2 saturated heterocycles. The molecule has 8 nitrogen and oxygen atoms in total. The number of aromatic nitrogens is 2. The molecule has 1 atom stereocenters. The van der Waals surface area contributed by atoms with Crippen molar-refractivity contribution in [3.8, 4) is 22.8 Å². The van der Waals surface area contributed by atoms with Gasteiger partial charge in [-0.3, -0.25) is 0 Å². The number of piperidine rings is 1. The summed E-state index contributed by atoms with van der Waals surface area (Å²) in [6, 6.07) is 17.6. The van der Waals surface area contributed by atoms with E-state index >= 15 is 0 Å². The smallest absolute Gasteiger partial charge is 0.188 e. The Balaban J connectivity index is 1.31. The number of anilines is 3. The number of piperazine rings is 1. The van der Waals surface area contributed by atoms with E-state index in [1.807, 2.05) is 6.07 Å². The van der Waals surface area contributed by atoms with Crippen molar-refractivity contribution in [1.82, 2.24) is 15.5 Å². The SMILES string of the molecule is Nc1nnc(-c2ccccc2O)cc1OC1CCCN(c2cccc(N3CCNCC3)c2)C1. The van der Waals surface area contributed by atoms with Gasteiger partial charge in [0.05, 0.1) is 6.54 Å². The molecule has 2 aliphatic heterocycles. The predicted octanol–water partition coefficient (Wildman–Crippen LogP) is 2.89. The molecule has 4 N–H and O–H groups in total. The molecular formula is C25H30N6O2. The standard InChI is InChI=1S/C25H30N6O2/c26-25-24(16-22(28-29-25)21-8-1-2-9-23(21)32)33-20-7-4-12-31(17-20)19-6-3-5-18(15-19)30-13-10-27-11-14-30/h1-3,5-6,8-9,15-16,20,27,32H,4,7,10-14,17H2,(H2,26,29). The van der Waals surface area contributed by atoms with Crippen LogP contribution in [0.2, 0.25) is 0 Å². The summed E-state index contributed by atoms with van der Waals surface area (Å²) in [5.74, 6) is 0.910. The Labute approximate surface area is 194 Å². The molecule has 5 rings (SSSR count). The predicted molar refractivity (Wildman–Crippen MR) is 131 cm³/mol. The lowest BCUT2D eigenvalue weighted by molar-refractivity contribution is 0.180. The number of benzene rings is 2. The molecule has 0 radical (unpaired) electrons. The van der Waals surface area contributed by atoms with E-state index < -0.39 is 0 Å². The molecule has 0 amide bonds. The van der Waals surface area contributed by atoms with Crippen LogP contribution in [0.25, 0.3) is 11.3 Å². The van der Waals surface area contributed by atoms with E-state index in [1.165, 1.54) is 11.4 Å². The van der Waals surface area contributed by atoms with Gasteiger partial charge in [0.1, 0.15) is 17.5 Å². The average molecular weight is 447 g/mol. The Morgan fingerprint density at radius 2 is 1.73 bits per heavy atom. The van der Waals surface area contributed by atoms with E-state index in [0.717, 1.165) is 52.1 Å². The number of phenolic OH excluding ortho intramolecular Hbond substituents is 1. The van der Waals surface area contributed by atoms with E-state index in [4.69, 9.17) is 10.5 Å². The molecule has 2 aliphatic rings. The van der Waals surface area contributed by atoms with Crippen LogP contribution in [0.5, 0.6) is 11.5 Å². The van der Waals surface area contributed by atoms with Crippen molar-refractivity contribution in [2.24, 2.45) is 0 Å². The Kier molecular flexibility index (Phi) is 6.17. The van der Waals surface area contributed by atoms with Crippen LogP contribution < -0.4 is 25.6 Å². The number of phenols is 1. The van der Waals surface area contributed by atoms with Gasteiger partial charge in [0.25, 0.3) is 0 Å². The summed E-state index contributed by atoms with van der Waals surface area (Å²) in [7, 11) is 0. The fraction of sp³-hybridized carbons (Fsp3) is 0.360. The van der Waals surface area contributed by atoms with Crippen LogP contribution in [0.15, 0.2) is 54.6 Å². The topological polar surface area (TPSA) is 99.8 Å². The third-order valence-corrected chi connectivity index (χ3v) is 6.31. The van der Waals surface area contributed by atoms with Crippen molar-refractivity contribution in [2.75, 3.05) is 54.8 Å². The lowest BCUT2D eigenvalue weighted by atomic mass is 10.1. The number of nitrogens with two attached hydrogens (primary N) is 1. The minimum Gasteiger partial charge on any atom is -0.507 e. The number of hydrogen-bond donors (Lipinski definition) is 3. The van der Waals surface area contributed by atoms with E-state index in [1.54, 1.807) is 24.3 Å². The summed E-state index contributed by atoms with van der Waals surface area (Å²) in [5.41, 5.74) is 9.71. The third kappa shape index (κ3) is 4.80. The molecule has 2 aromatic carbocycles. The third-order valence-electron chi connectivity index (χ3n) is 6.31. The number of nitrogens with zero attached hydrogens (tertiary/aromatic N) is 4. The van der Waals surface area contributed by atoms with Gasteiger partial charge in [0.15, 0.2) is 11.6 Å². The van der Waals surface area contributed by atoms with Gasteiger partial charge in [-0.15, -0.1) is 10.2 Å². The number of hydrogen-bond acceptors (Lipinski definition) is 8. The number of para-hydroxylation sites is 1. The van der Waals surface area contributed by atoms with Gasteiger partial charge in [0, 0.05) is 55.7 Å². The fourth-order valence-corrected chi connectivity index (χ4v) is 4.56. The molecule has 0 bridgehead atoms. The first kappa shape index (κ1) is 21.3. The fourth-order valence-electron chi connectivity index (χ4n) is 4.56. The first-order valence-corrected chi connectivity index (χ1v) is 11.6. The van der Waals surface area contributed by atoms with Crippen molar-refractivity contribution >= 4 is 17.2 Å². The minimum absolute atomic E-state index is 0.00897. The summed E-state index contributed by atoms with van der Waals surface area (Å²) < 4.78 is 6.32. The molecule has 2 fully saturated rings. The summed E-state index contributed by atoms with van der Waals surface area (Å²) in [5, 5.41) is 21.8. The largest absolute Gasteiger partial charge is 0.507 e. The van der Waals surface area contributed by atoms with Gasteiger partial charge >= 0.3 is 0 Å². The molecular weight excluding hydrogens is 416 g/mol. The first-order valence-electron chi connectivity index (χ1n) is 11.6. The van der Waals surface area contributed by atoms with Gasteiger partial charge < -0.3 is 30.7 Å². The van der Waals surface area contributed by atoms with Crippen LogP contribution in [0.3, 0.4) is 0 Å². The van der Waals surface area contributed by atoms with Gasteiger partial charge in [-0.1, -0.05) is 18.2 Å². The summed E-state index contributed by atoms with van der Waals surface area (Å²) >= 11 is 0. The van der Waals surface area contributed by atoms with Crippen LogP contribution in [-0.4, -0.2) is 60.7 Å². The molecule has 1 unspecified atom stereocenters. The van der Waals surface area contributed by atoms with E-state index in [-0.39, 0.29) is 17.7 Å². The maximum Gasteiger partial charge on any atom is 0.188 e. The highest BCUT2D eigenvalue weighted by Gasteiger charge is 2.24. The summed E-state index contributed by atoms with van der Waals surface area (Å²) in [6.07, 6.45) is 1.97. The van der Waals surface area contributed by atoms with Crippen LogP contribution >= 0.6 is 0 Å². The highest BCUT2D eigenvalue weighted by molar-refractivity contribution is 5.69. The second kappa shape index (κ2) is 9.54. The van der Waals surface area contributed by atoms with E-state index in [9.17, 15) is 5.11 Å². The average Bonchev–Trinajstić information content (AvgIpc) is 2.87. The van der Waals surface area contributed by atoms with Crippen molar-refractivity contribution in [3.05, 3.63) is 54.6 Å². The molecule has 8 heteroatoms. The molecule has 0 spiro atoms. The second-order valence-corrected chi connectivity index (χ2v) is 8.58. The highest BCUT2D eigenvalue weighted by Crippen LogP contribution is 2.32. The number of rotatable bonds is 5. The zero-order chi connectivity index (χ0) is 22.6. The normalized spacial score (nSPS) is 18.8. The molecule has 33 heavy (non-hydrogen) atoms. The second-order valence-electron chi connectivity index (χ2n) is 8.58. The van der Waals surface area contributed by atoms with Gasteiger partial charge in [-0.05, 0) is 43.2 Å². The van der Waals surface area contributed by atoms with Crippen molar-refractivity contribution < 1.29 is 9.84 Å². The van der Waals surface area contributed by atoms with Crippen LogP contribution in [0.4, 0.5) is 17.2 Å².